The van der Waals surface area contributed by atoms with Gasteiger partial charge in [-0.05, 0) is 139 Å². The Morgan fingerprint density at radius 3 is 1.19 bits per heavy atom. The molecule has 0 bridgehead atoms. The van der Waals surface area contributed by atoms with E-state index in [1.54, 1.807) is 7.11 Å². The molecule has 0 fully saturated rings. The molecule has 0 unspecified atom stereocenters. The zero-order chi connectivity index (χ0) is 37.5. The minimum Gasteiger partial charge on any atom is -0.497 e. The largest absolute Gasteiger partial charge is 0.497 e. The Morgan fingerprint density at radius 1 is 0.463 bits per heavy atom. The molecule has 0 atom stereocenters. The van der Waals surface area contributed by atoms with Crippen molar-refractivity contribution >= 4 is 39.9 Å². The Morgan fingerprint density at radius 2 is 0.796 bits per heavy atom. The third kappa shape index (κ3) is 7.91. The quantitative estimate of drug-likeness (QED) is 0.112. The zero-order valence-corrected chi connectivity index (χ0v) is 31.1. The summed E-state index contributed by atoms with van der Waals surface area (Å²) in [6, 6.07) is 60.8. The van der Waals surface area contributed by atoms with Gasteiger partial charge in [0.15, 0.2) is 5.78 Å². The second-order valence-electron chi connectivity index (χ2n) is 13.8. The predicted octanol–water partition coefficient (Wildman–Crippen LogP) is 13.3. The lowest BCUT2D eigenvalue weighted by atomic mass is 9.82. The first-order chi connectivity index (χ1) is 26.3. The van der Waals surface area contributed by atoms with Gasteiger partial charge < -0.3 is 19.3 Å². The van der Waals surface area contributed by atoms with Gasteiger partial charge in [-0.2, -0.15) is 0 Å². The van der Waals surface area contributed by atoms with Gasteiger partial charge in [-0.25, -0.2) is 0 Å². The second-order valence-corrected chi connectivity index (χ2v) is 13.8. The molecular weight excluding hydrogens is 665 g/mol. The van der Waals surface area contributed by atoms with Crippen LogP contribution >= 0.6 is 0 Å². The molecule has 0 saturated heterocycles. The molecule has 0 aliphatic rings. The van der Waals surface area contributed by atoms with Crippen molar-refractivity contribution in [3.8, 4) is 17.2 Å². The van der Waals surface area contributed by atoms with Gasteiger partial charge in [-0.15, -0.1) is 0 Å². The summed E-state index contributed by atoms with van der Waals surface area (Å²) in [5, 5.41) is 0. The van der Waals surface area contributed by atoms with Crippen LogP contribution in [0.3, 0.4) is 0 Å². The molecule has 7 aromatic rings. The van der Waals surface area contributed by atoms with Crippen LogP contribution in [0.25, 0.3) is 0 Å². The monoisotopic (exact) mass is 708 g/mol. The van der Waals surface area contributed by atoms with Gasteiger partial charge in [0.05, 0.1) is 7.11 Å². The lowest BCUT2D eigenvalue weighted by Crippen LogP contribution is -2.15. The maximum absolute atomic E-state index is 13.2. The first-order valence-corrected chi connectivity index (χ1v) is 18.3. The van der Waals surface area contributed by atoms with Crippen molar-refractivity contribution < 1.29 is 14.3 Å². The van der Waals surface area contributed by atoms with E-state index < -0.39 is 0 Å². The summed E-state index contributed by atoms with van der Waals surface area (Å²) in [7, 11) is 1.68. The smallest absolute Gasteiger partial charge is 0.193 e. The highest BCUT2D eigenvalue weighted by Gasteiger charge is 2.19. The number of carbonyl (C=O) groups excluding carboxylic acids is 1. The molecule has 0 heterocycles. The molecule has 0 aliphatic carbocycles. The first-order valence-electron chi connectivity index (χ1n) is 18.3. The number of ketones is 1. The molecule has 54 heavy (non-hydrogen) atoms. The molecular formula is C49H44N2O3. The fourth-order valence-corrected chi connectivity index (χ4v) is 6.45. The number of carbonyl (C=O) groups is 1. The molecule has 0 amide bonds. The maximum Gasteiger partial charge on any atom is 0.193 e. The van der Waals surface area contributed by atoms with E-state index in [0.29, 0.717) is 22.6 Å². The number of hydrogen-bond acceptors (Lipinski definition) is 5. The van der Waals surface area contributed by atoms with Crippen LogP contribution in [-0.2, 0) is 5.41 Å². The van der Waals surface area contributed by atoms with Gasteiger partial charge in [0, 0.05) is 45.3 Å². The Balaban J connectivity index is 1.10. The number of anilines is 6. The zero-order valence-electron chi connectivity index (χ0n) is 31.1. The molecule has 0 N–H and O–H groups in total. The van der Waals surface area contributed by atoms with Gasteiger partial charge in [0.2, 0.25) is 0 Å². The van der Waals surface area contributed by atoms with Crippen molar-refractivity contribution in [1.29, 1.82) is 0 Å². The van der Waals surface area contributed by atoms with E-state index in [4.69, 9.17) is 9.47 Å². The highest BCUT2D eigenvalue weighted by Crippen LogP contribution is 2.40. The molecule has 7 aromatic carbocycles. The standard InChI is InChI=1S/C49H44N2O3/c1-5-49(2,3)38-20-16-36(17-21-38)48(52)37-18-30-46(31-19-37)54-47-34-28-44(29-35-47)51(40-14-10-7-11-15-40)42-24-22-41(23-25-42)50(39-12-8-6-9-13-39)43-26-32-45(53-4)33-27-43/h6-35H,5H2,1-4H3. The molecule has 5 nitrogen and oxygen atoms in total. The summed E-state index contributed by atoms with van der Waals surface area (Å²) in [6.07, 6.45) is 1.03. The van der Waals surface area contributed by atoms with Gasteiger partial charge in [-0.3, -0.25) is 4.79 Å². The minimum absolute atomic E-state index is 0.00528. The Kier molecular flexibility index (Phi) is 10.6. The third-order valence-corrected chi connectivity index (χ3v) is 9.99. The Labute approximate surface area is 318 Å². The van der Waals surface area contributed by atoms with Crippen molar-refractivity contribution in [2.75, 3.05) is 16.9 Å². The van der Waals surface area contributed by atoms with E-state index in [-0.39, 0.29) is 11.2 Å². The lowest BCUT2D eigenvalue weighted by Gasteiger charge is -2.28. The Bertz CT molecular complexity index is 2270. The summed E-state index contributed by atoms with van der Waals surface area (Å²) in [5.74, 6) is 2.17. The Hall–Kier alpha value is -6.59. The van der Waals surface area contributed by atoms with Crippen LogP contribution < -0.4 is 19.3 Å². The summed E-state index contributed by atoms with van der Waals surface area (Å²) in [4.78, 5) is 17.7. The SMILES string of the molecule is CCC(C)(C)c1ccc(C(=O)c2ccc(Oc3ccc(N(c4ccccc4)c4ccc(N(c5ccccc5)c5ccc(OC)cc5)cc4)cc3)cc2)cc1. The minimum atomic E-state index is -0.00528. The van der Waals surface area contributed by atoms with E-state index in [9.17, 15) is 4.79 Å². The van der Waals surface area contributed by atoms with E-state index in [1.165, 1.54) is 5.56 Å². The highest BCUT2D eigenvalue weighted by molar-refractivity contribution is 6.09. The van der Waals surface area contributed by atoms with Crippen LogP contribution in [0.5, 0.6) is 17.2 Å². The fourth-order valence-electron chi connectivity index (χ4n) is 6.45. The van der Waals surface area contributed by atoms with Crippen molar-refractivity contribution in [2.45, 2.75) is 32.6 Å². The number of nitrogens with zero attached hydrogens (tertiary/aromatic N) is 2. The van der Waals surface area contributed by atoms with Crippen molar-refractivity contribution in [1.82, 2.24) is 0 Å². The summed E-state index contributed by atoms with van der Waals surface area (Å²) >= 11 is 0. The second kappa shape index (κ2) is 16.0. The van der Waals surface area contributed by atoms with Gasteiger partial charge in [0.1, 0.15) is 17.2 Å². The molecule has 0 saturated carbocycles. The van der Waals surface area contributed by atoms with Crippen LogP contribution in [-0.4, -0.2) is 12.9 Å². The van der Waals surface area contributed by atoms with Gasteiger partial charge >= 0.3 is 0 Å². The van der Waals surface area contributed by atoms with Gasteiger partial charge in [-0.1, -0.05) is 81.4 Å². The van der Waals surface area contributed by atoms with Crippen molar-refractivity contribution in [2.24, 2.45) is 0 Å². The number of rotatable bonds is 13. The number of ether oxygens (including phenoxy) is 2. The third-order valence-electron chi connectivity index (χ3n) is 9.99. The molecule has 7 rings (SSSR count). The molecule has 0 radical (unpaired) electrons. The van der Waals surface area contributed by atoms with E-state index >= 15 is 0 Å². The fraction of sp³-hybridized carbons (Fsp3) is 0.122. The summed E-state index contributed by atoms with van der Waals surface area (Å²) < 4.78 is 11.6. The van der Waals surface area contributed by atoms with Crippen LogP contribution in [0.1, 0.15) is 48.7 Å². The molecule has 0 aliphatic heterocycles. The molecule has 0 aromatic heterocycles. The topological polar surface area (TPSA) is 42.0 Å². The molecule has 0 spiro atoms. The number of methoxy groups -OCH3 is 1. The number of para-hydroxylation sites is 2. The molecule has 268 valence electrons. The van der Waals surface area contributed by atoms with Crippen LogP contribution in [0.2, 0.25) is 0 Å². The van der Waals surface area contributed by atoms with E-state index in [2.05, 4.69) is 128 Å². The van der Waals surface area contributed by atoms with Crippen molar-refractivity contribution in [3.63, 3.8) is 0 Å². The average molecular weight is 709 g/mol. The summed E-state index contributed by atoms with van der Waals surface area (Å²) in [6.45, 7) is 6.62. The van der Waals surface area contributed by atoms with Crippen LogP contribution in [0, 0.1) is 0 Å². The first kappa shape index (κ1) is 35.8. The van der Waals surface area contributed by atoms with Gasteiger partial charge in [0.25, 0.3) is 0 Å². The maximum atomic E-state index is 13.2. The van der Waals surface area contributed by atoms with Crippen LogP contribution in [0.4, 0.5) is 34.1 Å². The van der Waals surface area contributed by atoms with Crippen LogP contribution in [0.15, 0.2) is 182 Å². The normalized spacial score (nSPS) is 11.1. The van der Waals surface area contributed by atoms with Crippen molar-refractivity contribution in [3.05, 3.63) is 199 Å². The predicted molar refractivity (Wildman–Crippen MR) is 222 cm³/mol. The molecule has 5 heteroatoms. The number of benzene rings is 7. The summed E-state index contributed by atoms with van der Waals surface area (Å²) in [5.41, 5.74) is 8.80. The number of hydrogen-bond donors (Lipinski definition) is 0. The van der Waals surface area contributed by atoms with E-state index in [0.717, 1.165) is 46.3 Å². The average Bonchev–Trinajstić information content (AvgIpc) is 3.23. The lowest BCUT2D eigenvalue weighted by molar-refractivity contribution is 0.103. The van der Waals surface area contributed by atoms with E-state index in [1.807, 2.05) is 84.9 Å². The highest BCUT2D eigenvalue weighted by atomic mass is 16.5.